The second-order valence-electron chi connectivity index (χ2n) is 6.61. The summed E-state index contributed by atoms with van der Waals surface area (Å²) < 4.78 is 15.0. The third kappa shape index (κ3) is 2.89. The van der Waals surface area contributed by atoms with Crippen molar-refractivity contribution in [1.82, 2.24) is 19.5 Å². The number of hydrogen-bond acceptors (Lipinski definition) is 5. The van der Waals surface area contributed by atoms with Gasteiger partial charge in [-0.15, -0.1) is 0 Å². The number of rotatable bonds is 2. The van der Waals surface area contributed by atoms with E-state index in [0.29, 0.717) is 11.2 Å². The van der Waals surface area contributed by atoms with Gasteiger partial charge in [-0.25, -0.2) is 14.4 Å². The number of fused-ring (bicyclic) bond motifs is 3. The largest absolute Gasteiger partial charge is 0.368 e. The molecule has 140 valence electrons. The Kier molecular flexibility index (Phi) is 3.80. The molecule has 0 aliphatic rings. The van der Waals surface area contributed by atoms with Gasteiger partial charge in [-0.2, -0.15) is 0 Å². The second-order valence-corrected chi connectivity index (χ2v) is 6.61. The summed E-state index contributed by atoms with van der Waals surface area (Å²) in [4.78, 5) is 25.4. The Labute approximate surface area is 164 Å². The molecule has 2 N–H and O–H groups in total. The van der Waals surface area contributed by atoms with Gasteiger partial charge in [-0.05, 0) is 48.0 Å². The van der Waals surface area contributed by atoms with Crippen LogP contribution in [0.4, 0.5) is 10.3 Å². The summed E-state index contributed by atoms with van der Waals surface area (Å²) in [5.74, 6) is -0.161. The van der Waals surface area contributed by atoms with Gasteiger partial charge in [0.25, 0.3) is 5.56 Å². The minimum atomic E-state index is -0.362. The summed E-state index contributed by atoms with van der Waals surface area (Å²) in [7, 11) is 0. The highest BCUT2D eigenvalue weighted by molar-refractivity contribution is 6.05. The molecule has 0 fully saturated rings. The number of aromatic nitrogens is 4. The molecule has 0 aliphatic carbocycles. The molecule has 7 heteroatoms. The molecule has 3 heterocycles. The van der Waals surface area contributed by atoms with Crippen LogP contribution in [0, 0.1) is 5.82 Å². The molecule has 6 nitrogen and oxygen atoms in total. The van der Waals surface area contributed by atoms with Crippen LogP contribution >= 0.6 is 0 Å². The summed E-state index contributed by atoms with van der Waals surface area (Å²) >= 11 is 0. The van der Waals surface area contributed by atoms with E-state index < -0.39 is 0 Å². The van der Waals surface area contributed by atoms with Crippen molar-refractivity contribution in [2.24, 2.45) is 0 Å². The second kappa shape index (κ2) is 6.49. The molecule has 0 atom stereocenters. The fourth-order valence-corrected chi connectivity index (χ4v) is 3.42. The van der Waals surface area contributed by atoms with Crippen LogP contribution in [-0.4, -0.2) is 19.5 Å². The smallest absolute Gasteiger partial charge is 0.255 e. The monoisotopic (exact) mass is 383 g/mol. The predicted molar refractivity (Wildman–Crippen MR) is 110 cm³/mol. The van der Waals surface area contributed by atoms with Crippen LogP contribution in [0.15, 0.2) is 78.0 Å². The first kappa shape index (κ1) is 17.0. The van der Waals surface area contributed by atoms with E-state index in [1.165, 1.54) is 18.2 Å². The predicted octanol–water partition coefficient (Wildman–Crippen LogP) is 3.72. The van der Waals surface area contributed by atoms with Gasteiger partial charge in [0, 0.05) is 46.7 Å². The van der Waals surface area contributed by atoms with Crippen molar-refractivity contribution in [1.29, 1.82) is 0 Å². The van der Waals surface area contributed by atoms with Gasteiger partial charge in [0.05, 0.1) is 11.0 Å². The first-order valence-corrected chi connectivity index (χ1v) is 8.88. The third-order valence-electron chi connectivity index (χ3n) is 4.81. The van der Waals surface area contributed by atoms with Crippen molar-refractivity contribution in [3.63, 3.8) is 0 Å². The first-order valence-electron chi connectivity index (χ1n) is 8.88. The Hall–Kier alpha value is -4.13. The van der Waals surface area contributed by atoms with Crippen LogP contribution in [-0.2, 0) is 0 Å². The molecule has 0 unspecified atom stereocenters. The molecule has 0 saturated carbocycles. The van der Waals surface area contributed by atoms with E-state index >= 15 is 0 Å². The summed E-state index contributed by atoms with van der Waals surface area (Å²) in [6.07, 6.45) is 5.02. The van der Waals surface area contributed by atoms with Crippen LogP contribution in [0.3, 0.4) is 0 Å². The number of nitrogens with two attached hydrogens (primary N) is 1. The average molecular weight is 383 g/mol. The molecule has 5 aromatic rings. The Morgan fingerprint density at radius 2 is 1.59 bits per heavy atom. The topological polar surface area (TPSA) is 86.7 Å². The van der Waals surface area contributed by atoms with Gasteiger partial charge in [0.15, 0.2) is 0 Å². The maximum Gasteiger partial charge on any atom is 0.255 e. The van der Waals surface area contributed by atoms with Crippen LogP contribution in [0.5, 0.6) is 0 Å². The van der Waals surface area contributed by atoms with Gasteiger partial charge >= 0.3 is 0 Å². The maximum absolute atomic E-state index is 13.4. The van der Waals surface area contributed by atoms with Gasteiger partial charge in [0.1, 0.15) is 5.82 Å². The zero-order valence-electron chi connectivity index (χ0n) is 15.1. The fraction of sp³-hybridized carbons (Fsp3) is 0. The Morgan fingerprint density at radius 3 is 2.34 bits per heavy atom. The van der Waals surface area contributed by atoms with Crippen molar-refractivity contribution >= 4 is 27.8 Å². The Bertz CT molecular complexity index is 1430. The van der Waals surface area contributed by atoms with E-state index in [0.717, 1.165) is 27.4 Å². The highest BCUT2D eigenvalue weighted by atomic mass is 19.1. The zero-order chi connectivity index (χ0) is 20.0. The molecule has 0 aliphatic heterocycles. The normalized spacial score (nSPS) is 11.2. The third-order valence-corrected chi connectivity index (χ3v) is 4.81. The summed E-state index contributed by atoms with van der Waals surface area (Å²) in [5, 5.41) is 1.59. The van der Waals surface area contributed by atoms with Crippen LogP contribution in [0.2, 0.25) is 0 Å². The number of halogens is 1. The molecule has 3 aromatic heterocycles. The highest BCUT2D eigenvalue weighted by Crippen LogP contribution is 2.29. The summed E-state index contributed by atoms with van der Waals surface area (Å²) in [5.41, 5.74) is 9.06. The van der Waals surface area contributed by atoms with Gasteiger partial charge in [0.2, 0.25) is 5.95 Å². The first-order chi connectivity index (χ1) is 14.1. The minimum absolute atomic E-state index is 0.201. The van der Waals surface area contributed by atoms with Crippen LogP contribution in [0.1, 0.15) is 0 Å². The number of nitrogen functional groups attached to an aromatic ring is 1. The molecular weight excluding hydrogens is 369 g/mol. The molecule has 0 bridgehead atoms. The van der Waals surface area contributed by atoms with Gasteiger partial charge in [-0.3, -0.25) is 14.3 Å². The van der Waals surface area contributed by atoms with Crippen molar-refractivity contribution < 1.29 is 4.39 Å². The SMILES string of the molecule is Nc1ncc(-c2ccc3ncc4ccc(=O)n(-c5ccc(F)cc5)c4c3c2)cn1. The van der Waals surface area contributed by atoms with Crippen molar-refractivity contribution in [3.05, 3.63) is 89.4 Å². The lowest BCUT2D eigenvalue weighted by atomic mass is 10.0. The van der Waals surface area contributed by atoms with Gasteiger partial charge < -0.3 is 5.73 Å². The molecule has 2 aromatic carbocycles. The van der Waals surface area contributed by atoms with E-state index in [2.05, 4.69) is 15.0 Å². The highest BCUT2D eigenvalue weighted by Gasteiger charge is 2.12. The summed E-state index contributed by atoms with van der Waals surface area (Å²) in [6.45, 7) is 0. The van der Waals surface area contributed by atoms with E-state index in [1.54, 1.807) is 41.4 Å². The number of nitrogens with zero attached hydrogens (tertiary/aromatic N) is 4. The quantitative estimate of drug-likeness (QED) is 0.470. The van der Waals surface area contributed by atoms with E-state index in [9.17, 15) is 9.18 Å². The van der Waals surface area contributed by atoms with Gasteiger partial charge in [-0.1, -0.05) is 6.07 Å². The molecule has 0 spiro atoms. The molecule has 0 saturated heterocycles. The Morgan fingerprint density at radius 1 is 0.828 bits per heavy atom. The minimum Gasteiger partial charge on any atom is -0.368 e. The van der Waals surface area contributed by atoms with E-state index in [1.807, 2.05) is 18.2 Å². The Balaban J connectivity index is 1.86. The summed E-state index contributed by atoms with van der Waals surface area (Å²) in [6, 6.07) is 14.8. The fourth-order valence-electron chi connectivity index (χ4n) is 3.42. The van der Waals surface area contributed by atoms with Crippen molar-refractivity contribution in [2.75, 3.05) is 5.73 Å². The molecule has 5 rings (SSSR count). The lowest BCUT2D eigenvalue weighted by Gasteiger charge is -2.13. The lowest BCUT2D eigenvalue weighted by Crippen LogP contribution is -2.17. The van der Waals surface area contributed by atoms with Crippen molar-refractivity contribution in [3.8, 4) is 16.8 Å². The van der Waals surface area contributed by atoms with Crippen molar-refractivity contribution in [2.45, 2.75) is 0 Å². The van der Waals surface area contributed by atoms with Crippen LogP contribution < -0.4 is 11.3 Å². The van der Waals surface area contributed by atoms with Crippen LogP contribution in [0.25, 0.3) is 38.6 Å². The number of hydrogen-bond donors (Lipinski definition) is 1. The number of pyridine rings is 2. The lowest BCUT2D eigenvalue weighted by molar-refractivity contribution is 0.627. The molecule has 0 amide bonds. The number of benzene rings is 2. The number of anilines is 1. The maximum atomic E-state index is 13.4. The van der Waals surface area contributed by atoms with E-state index in [-0.39, 0.29) is 17.3 Å². The molecule has 29 heavy (non-hydrogen) atoms. The average Bonchev–Trinajstić information content (AvgIpc) is 2.74. The zero-order valence-corrected chi connectivity index (χ0v) is 15.1. The standard InChI is InChI=1S/C22H14FN5O/c23-16-3-5-17(6-4-16)28-20(29)8-2-14-10-25-19-7-1-13(9-18(19)21(14)28)15-11-26-22(24)27-12-15/h1-12H,(H2,24,26,27). The molecule has 0 radical (unpaired) electrons. The molecular formula is C22H14FN5O. The van der Waals surface area contributed by atoms with E-state index in [4.69, 9.17) is 5.73 Å².